The quantitative estimate of drug-likeness (QED) is 0.737. The van der Waals surface area contributed by atoms with Crippen molar-refractivity contribution < 1.29 is 9.21 Å². The topological polar surface area (TPSA) is 69.3 Å². The lowest BCUT2D eigenvalue weighted by atomic mass is 10.0. The van der Waals surface area contributed by atoms with Crippen LogP contribution in [0.2, 0.25) is 0 Å². The van der Waals surface area contributed by atoms with Gasteiger partial charge in [0.25, 0.3) is 5.91 Å². The number of carbonyl (C=O) groups is 1. The van der Waals surface area contributed by atoms with Crippen LogP contribution < -0.4 is 10.2 Å². The highest BCUT2D eigenvalue weighted by Gasteiger charge is 2.22. The first-order valence-electron chi connectivity index (χ1n) is 8.92. The highest BCUT2D eigenvalue weighted by molar-refractivity contribution is 7.17. The van der Waals surface area contributed by atoms with E-state index in [4.69, 9.17) is 9.68 Å². The van der Waals surface area contributed by atoms with Gasteiger partial charge in [0.1, 0.15) is 5.76 Å². The fourth-order valence-corrected chi connectivity index (χ4v) is 4.17. The number of nitriles is 1. The van der Waals surface area contributed by atoms with Gasteiger partial charge in [-0.3, -0.25) is 4.79 Å². The molecule has 1 aliphatic rings. The van der Waals surface area contributed by atoms with E-state index in [1.54, 1.807) is 6.26 Å². The molecule has 3 aromatic rings. The number of amides is 1. The zero-order valence-electron chi connectivity index (χ0n) is 14.7. The second-order valence-electron chi connectivity index (χ2n) is 6.53. The standard InChI is InChI=1S/C21H19N3O2S/c22-14-15-3-5-17(6-4-15)24-11-9-16(10-12-24)23-21(25)20-8-7-19(27-20)18-2-1-13-26-18/h1-8,13,16H,9-12H2,(H,23,25). The number of rotatable bonds is 4. The van der Waals surface area contributed by atoms with Crippen molar-refractivity contribution in [2.24, 2.45) is 0 Å². The number of piperidine rings is 1. The van der Waals surface area contributed by atoms with Crippen LogP contribution in [0.4, 0.5) is 5.69 Å². The smallest absolute Gasteiger partial charge is 0.261 e. The van der Waals surface area contributed by atoms with E-state index >= 15 is 0 Å². The normalized spacial score (nSPS) is 14.7. The highest BCUT2D eigenvalue weighted by atomic mass is 32.1. The largest absolute Gasteiger partial charge is 0.464 e. The first kappa shape index (κ1) is 17.4. The molecule has 1 fully saturated rings. The van der Waals surface area contributed by atoms with E-state index in [1.807, 2.05) is 48.5 Å². The lowest BCUT2D eigenvalue weighted by Crippen LogP contribution is -2.44. The van der Waals surface area contributed by atoms with E-state index in [9.17, 15) is 4.79 Å². The zero-order chi connectivity index (χ0) is 18.6. The van der Waals surface area contributed by atoms with Gasteiger partial charge in [-0.05, 0) is 61.4 Å². The zero-order valence-corrected chi connectivity index (χ0v) is 15.5. The Hall–Kier alpha value is -3.04. The minimum Gasteiger partial charge on any atom is -0.464 e. The third kappa shape index (κ3) is 3.88. The maximum Gasteiger partial charge on any atom is 0.261 e. The van der Waals surface area contributed by atoms with Crippen molar-refractivity contribution in [1.29, 1.82) is 5.26 Å². The van der Waals surface area contributed by atoms with Crippen LogP contribution in [0.1, 0.15) is 28.1 Å². The summed E-state index contributed by atoms with van der Waals surface area (Å²) in [5.74, 6) is 0.768. The maximum absolute atomic E-state index is 12.5. The molecule has 1 amide bonds. The molecule has 1 aliphatic heterocycles. The molecule has 1 aromatic carbocycles. The van der Waals surface area contributed by atoms with Crippen LogP contribution in [-0.4, -0.2) is 25.0 Å². The molecule has 6 heteroatoms. The summed E-state index contributed by atoms with van der Waals surface area (Å²) in [6.07, 6.45) is 3.45. The molecule has 0 saturated carbocycles. The van der Waals surface area contributed by atoms with Gasteiger partial charge in [-0.15, -0.1) is 11.3 Å². The average molecular weight is 377 g/mol. The molecule has 136 valence electrons. The Morgan fingerprint density at radius 3 is 2.59 bits per heavy atom. The molecule has 1 saturated heterocycles. The van der Waals surface area contributed by atoms with Gasteiger partial charge in [-0.25, -0.2) is 0 Å². The summed E-state index contributed by atoms with van der Waals surface area (Å²) >= 11 is 1.45. The van der Waals surface area contributed by atoms with Crippen LogP contribution in [-0.2, 0) is 0 Å². The lowest BCUT2D eigenvalue weighted by molar-refractivity contribution is 0.0935. The monoisotopic (exact) mass is 377 g/mol. The van der Waals surface area contributed by atoms with Crippen molar-refractivity contribution in [1.82, 2.24) is 5.32 Å². The molecule has 1 N–H and O–H groups in total. The molecule has 0 unspecified atom stereocenters. The lowest BCUT2D eigenvalue weighted by Gasteiger charge is -2.34. The Morgan fingerprint density at radius 1 is 1.15 bits per heavy atom. The molecule has 0 atom stereocenters. The number of nitrogens with one attached hydrogen (secondary N) is 1. The third-order valence-corrected chi connectivity index (χ3v) is 5.88. The van der Waals surface area contributed by atoms with Crippen molar-refractivity contribution in [3.8, 4) is 16.7 Å². The molecule has 2 aromatic heterocycles. The predicted octanol–water partition coefficient (Wildman–Crippen LogP) is 4.28. The van der Waals surface area contributed by atoms with E-state index in [2.05, 4.69) is 16.3 Å². The summed E-state index contributed by atoms with van der Waals surface area (Å²) in [5.41, 5.74) is 1.80. The molecule has 0 bridgehead atoms. The summed E-state index contributed by atoms with van der Waals surface area (Å²) < 4.78 is 5.39. The molecule has 0 aliphatic carbocycles. The number of benzene rings is 1. The van der Waals surface area contributed by atoms with Gasteiger partial charge in [-0.2, -0.15) is 5.26 Å². The van der Waals surface area contributed by atoms with Crippen LogP contribution in [0.3, 0.4) is 0 Å². The molecule has 5 nitrogen and oxygen atoms in total. The minimum atomic E-state index is -0.0189. The molecule has 0 radical (unpaired) electrons. The SMILES string of the molecule is N#Cc1ccc(N2CCC(NC(=O)c3ccc(-c4ccco4)s3)CC2)cc1. The first-order chi connectivity index (χ1) is 13.2. The second kappa shape index (κ2) is 7.68. The molecule has 27 heavy (non-hydrogen) atoms. The highest BCUT2D eigenvalue weighted by Crippen LogP contribution is 2.28. The molecular weight excluding hydrogens is 358 g/mol. The molecule has 0 spiro atoms. The Labute approximate surface area is 161 Å². The van der Waals surface area contributed by atoms with Crippen LogP contribution in [0.25, 0.3) is 10.6 Å². The van der Waals surface area contributed by atoms with Gasteiger partial charge in [-0.1, -0.05) is 0 Å². The van der Waals surface area contributed by atoms with E-state index in [-0.39, 0.29) is 11.9 Å². The Bertz CT molecular complexity index is 946. The summed E-state index contributed by atoms with van der Waals surface area (Å²) in [4.78, 5) is 16.5. The molecule has 3 heterocycles. The third-order valence-electron chi connectivity index (χ3n) is 4.79. The number of anilines is 1. The van der Waals surface area contributed by atoms with Gasteiger partial charge >= 0.3 is 0 Å². The summed E-state index contributed by atoms with van der Waals surface area (Å²) in [6, 6.07) is 17.5. The number of carbonyl (C=O) groups excluding carboxylic acids is 1. The predicted molar refractivity (Wildman–Crippen MR) is 106 cm³/mol. The first-order valence-corrected chi connectivity index (χ1v) is 9.74. The van der Waals surface area contributed by atoms with Crippen molar-refractivity contribution >= 4 is 22.9 Å². The maximum atomic E-state index is 12.5. The van der Waals surface area contributed by atoms with E-state index in [0.717, 1.165) is 42.3 Å². The van der Waals surface area contributed by atoms with Crippen molar-refractivity contribution in [2.45, 2.75) is 18.9 Å². The number of hydrogen-bond acceptors (Lipinski definition) is 5. The summed E-state index contributed by atoms with van der Waals surface area (Å²) in [7, 11) is 0. The van der Waals surface area contributed by atoms with Gasteiger partial charge in [0.2, 0.25) is 0 Å². The Morgan fingerprint density at radius 2 is 1.93 bits per heavy atom. The summed E-state index contributed by atoms with van der Waals surface area (Å²) in [6.45, 7) is 1.78. The molecular formula is C21H19N3O2S. The molecule has 4 rings (SSSR count). The summed E-state index contributed by atoms with van der Waals surface area (Å²) in [5, 5.41) is 12.1. The second-order valence-corrected chi connectivity index (χ2v) is 7.62. The fourth-order valence-electron chi connectivity index (χ4n) is 3.30. The van der Waals surface area contributed by atoms with Gasteiger partial charge < -0.3 is 14.6 Å². The fraction of sp³-hybridized carbons (Fsp3) is 0.238. The van der Waals surface area contributed by atoms with Gasteiger partial charge in [0.05, 0.1) is 27.7 Å². The van der Waals surface area contributed by atoms with E-state index in [1.165, 1.54) is 11.3 Å². The number of furan rings is 1. The van der Waals surface area contributed by atoms with E-state index in [0.29, 0.717) is 10.4 Å². The number of nitrogens with zero attached hydrogens (tertiary/aromatic N) is 2. The van der Waals surface area contributed by atoms with Crippen LogP contribution in [0, 0.1) is 11.3 Å². The van der Waals surface area contributed by atoms with Crippen LogP contribution >= 0.6 is 11.3 Å². The van der Waals surface area contributed by atoms with Crippen LogP contribution in [0.15, 0.2) is 59.2 Å². The van der Waals surface area contributed by atoms with Crippen molar-refractivity contribution in [3.05, 3.63) is 65.2 Å². The average Bonchev–Trinajstić information content (AvgIpc) is 3.40. The van der Waals surface area contributed by atoms with Crippen molar-refractivity contribution in [2.75, 3.05) is 18.0 Å². The van der Waals surface area contributed by atoms with Gasteiger partial charge in [0, 0.05) is 24.8 Å². The number of thiophene rings is 1. The number of hydrogen-bond donors (Lipinski definition) is 1. The van der Waals surface area contributed by atoms with Crippen molar-refractivity contribution in [3.63, 3.8) is 0 Å². The van der Waals surface area contributed by atoms with E-state index < -0.39 is 0 Å². The van der Waals surface area contributed by atoms with Gasteiger partial charge in [0.15, 0.2) is 0 Å². The Balaban J connectivity index is 1.32. The minimum absolute atomic E-state index is 0.0189. The Kier molecular flexibility index (Phi) is 4.95. The van der Waals surface area contributed by atoms with Crippen LogP contribution in [0.5, 0.6) is 0 Å².